The van der Waals surface area contributed by atoms with Crippen molar-refractivity contribution in [3.8, 4) is 11.5 Å². The minimum absolute atomic E-state index is 0.0414. The van der Waals surface area contributed by atoms with Crippen molar-refractivity contribution in [1.29, 1.82) is 0 Å². The lowest BCUT2D eigenvalue weighted by Gasteiger charge is -2.41. The van der Waals surface area contributed by atoms with E-state index in [4.69, 9.17) is 14.5 Å². The summed E-state index contributed by atoms with van der Waals surface area (Å²) < 4.78 is 24.9. The van der Waals surface area contributed by atoms with Gasteiger partial charge in [-0.3, -0.25) is 24.4 Å². The van der Waals surface area contributed by atoms with E-state index in [1.54, 1.807) is 31.4 Å². The molecular weight excluding hydrogens is 639 g/mol. The Labute approximate surface area is 292 Å². The summed E-state index contributed by atoms with van der Waals surface area (Å²) in [4.78, 5) is 55.0. The van der Waals surface area contributed by atoms with Crippen molar-refractivity contribution >= 4 is 40.5 Å². The number of urea groups is 1. The average Bonchev–Trinajstić information content (AvgIpc) is 3.13. The molecule has 11 nitrogen and oxygen atoms in total. The molecule has 2 saturated heterocycles. The minimum Gasteiger partial charge on any atom is -0.497 e. The number of hydrogen-bond donors (Lipinski definition) is 1. The molecule has 0 aliphatic carbocycles. The molecule has 264 valence electrons. The number of anilines is 2. The number of ether oxygens (including phenoxy) is 2. The van der Waals surface area contributed by atoms with Crippen LogP contribution in [0.5, 0.6) is 11.5 Å². The predicted octanol–water partition coefficient (Wildman–Crippen LogP) is 5.34. The normalized spacial score (nSPS) is 19.3. The van der Waals surface area contributed by atoms with Gasteiger partial charge >= 0.3 is 6.03 Å². The second kappa shape index (κ2) is 15.4. The number of amides is 3. The maximum atomic E-state index is 14.4. The number of nitrogens with one attached hydrogen (secondary N) is 1. The van der Waals surface area contributed by atoms with Gasteiger partial charge in [0.15, 0.2) is 5.78 Å². The molecule has 3 aliphatic heterocycles. The number of ketones is 1. The van der Waals surface area contributed by atoms with Gasteiger partial charge < -0.3 is 24.6 Å². The molecule has 2 unspecified atom stereocenters. The highest BCUT2D eigenvalue weighted by Gasteiger charge is 2.43. The van der Waals surface area contributed by atoms with Gasteiger partial charge in [0.05, 0.1) is 49.8 Å². The standard InChI is InChI=1S/C38H45FN6O5/c1-25(45(32-14-13-29(49-3)23-33(32)50-4)38(48)40-28-11-9-27(39)10-12-28)36-35(37(47)30-7-5-6-8-31(30)41-36)26-15-17-44(18-16-26)34(46)24-43-21-19-42(2)20-22-43/h5-14,23,25-26,35H,15-22,24H2,1-4H3,(H,40,48). The quantitative estimate of drug-likeness (QED) is 0.324. The molecule has 3 aliphatic rings. The van der Waals surface area contributed by atoms with E-state index >= 15 is 0 Å². The van der Waals surface area contributed by atoms with Crippen molar-refractivity contribution < 1.29 is 28.2 Å². The molecule has 3 amide bonds. The van der Waals surface area contributed by atoms with Crippen LogP contribution in [0.4, 0.5) is 26.2 Å². The lowest BCUT2D eigenvalue weighted by atomic mass is 9.73. The monoisotopic (exact) mass is 684 g/mol. The zero-order valence-corrected chi connectivity index (χ0v) is 29.1. The number of nitrogens with zero attached hydrogens (tertiary/aromatic N) is 5. The van der Waals surface area contributed by atoms with Gasteiger partial charge in [-0.2, -0.15) is 0 Å². The maximum Gasteiger partial charge on any atom is 0.327 e. The van der Waals surface area contributed by atoms with E-state index in [9.17, 15) is 18.8 Å². The molecule has 3 heterocycles. The fourth-order valence-electron chi connectivity index (χ4n) is 7.21. The van der Waals surface area contributed by atoms with Gasteiger partial charge in [-0.05, 0) is 81.3 Å². The number of para-hydroxylation sites is 1. The van der Waals surface area contributed by atoms with E-state index in [1.165, 1.54) is 36.3 Å². The molecule has 6 rings (SSSR count). The minimum atomic E-state index is -0.711. The molecular formula is C38H45FN6O5. The predicted molar refractivity (Wildman–Crippen MR) is 192 cm³/mol. The molecule has 3 aromatic rings. The second-order valence-electron chi connectivity index (χ2n) is 13.2. The van der Waals surface area contributed by atoms with Crippen molar-refractivity contribution in [2.45, 2.75) is 25.8 Å². The van der Waals surface area contributed by atoms with Crippen LogP contribution in [0.25, 0.3) is 0 Å². The summed E-state index contributed by atoms with van der Waals surface area (Å²) in [5, 5.41) is 2.89. The van der Waals surface area contributed by atoms with Gasteiger partial charge in [0, 0.05) is 56.6 Å². The SMILES string of the molecule is COc1ccc(N(C(=O)Nc2ccc(F)cc2)C(C)C2=Nc3ccccc3C(=O)C2C2CCN(C(=O)CN3CCN(C)CC3)CC2)c(OC)c1. The molecule has 0 spiro atoms. The lowest BCUT2D eigenvalue weighted by Crippen LogP contribution is -2.53. The van der Waals surface area contributed by atoms with Gasteiger partial charge in [-0.1, -0.05) is 12.1 Å². The Bertz CT molecular complexity index is 1730. The van der Waals surface area contributed by atoms with Crippen molar-refractivity contribution in [3.63, 3.8) is 0 Å². The second-order valence-corrected chi connectivity index (χ2v) is 13.2. The number of carbonyl (C=O) groups is 3. The first-order valence-corrected chi connectivity index (χ1v) is 17.1. The van der Waals surface area contributed by atoms with Crippen LogP contribution < -0.4 is 19.7 Å². The number of Topliss-reactive ketones (excluding diaryl/α,β-unsaturated/α-hetero) is 1. The molecule has 1 N–H and O–H groups in total. The number of likely N-dealkylation sites (tertiary alicyclic amines) is 1. The summed E-state index contributed by atoms with van der Waals surface area (Å²) in [5.74, 6) is -0.121. The lowest BCUT2D eigenvalue weighted by molar-refractivity contribution is -0.134. The third kappa shape index (κ3) is 7.51. The number of piperazine rings is 1. The molecule has 0 radical (unpaired) electrons. The molecule has 0 bridgehead atoms. The molecule has 50 heavy (non-hydrogen) atoms. The highest BCUT2D eigenvalue weighted by Crippen LogP contribution is 2.40. The first kappa shape index (κ1) is 35.0. The zero-order chi connectivity index (χ0) is 35.4. The number of methoxy groups -OCH3 is 2. The van der Waals surface area contributed by atoms with Crippen LogP contribution in [-0.4, -0.2) is 111 Å². The molecule has 0 aromatic heterocycles. The van der Waals surface area contributed by atoms with Gasteiger partial charge in [-0.25, -0.2) is 9.18 Å². The van der Waals surface area contributed by atoms with Crippen molar-refractivity contribution in [2.75, 3.05) is 77.3 Å². The topological polar surface area (TPSA) is 107 Å². The fourth-order valence-corrected chi connectivity index (χ4v) is 7.21. The Balaban J connectivity index is 1.31. The van der Waals surface area contributed by atoms with Gasteiger partial charge in [-0.15, -0.1) is 0 Å². The van der Waals surface area contributed by atoms with E-state index < -0.39 is 23.8 Å². The molecule has 12 heteroatoms. The van der Waals surface area contributed by atoms with E-state index in [2.05, 4.69) is 22.2 Å². The highest BCUT2D eigenvalue weighted by molar-refractivity contribution is 6.22. The van der Waals surface area contributed by atoms with E-state index in [1.807, 2.05) is 30.0 Å². The van der Waals surface area contributed by atoms with Crippen LogP contribution in [-0.2, 0) is 4.79 Å². The fraction of sp³-hybridized carbons (Fsp3) is 0.421. The number of hydrogen-bond acceptors (Lipinski definition) is 8. The number of benzene rings is 3. The van der Waals surface area contributed by atoms with Crippen LogP contribution in [0.15, 0.2) is 71.7 Å². The number of carbonyl (C=O) groups excluding carboxylic acids is 3. The van der Waals surface area contributed by atoms with Crippen LogP contribution >= 0.6 is 0 Å². The maximum absolute atomic E-state index is 14.4. The van der Waals surface area contributed by atoms with Crippen LogP contribution in [0.1, 0.15) is 30.1 Å². The number of fused-ring (bicyclic) bond motifs is 1. The zero-order valence-electron chi connectivity index (χ0n) is 29.1. The average molecular weight is 685 g/mol. The Kier molecular flexibility index (Phi) is 10.8. The third-order valence-electron chi connectivity index (χ3n) is 10.1. The van der Waals surface area contributed by atoms with Crippen molar-refractivity contribution in [2.24, 2.45) is 16.8 Å². The summed E-state index contributed by atoms with van der Waals surface area (Å²) in [6.45, 7) is 6.99. The largest absolute Gasteiger partial charge is 0.497 e. The number of rotatable bonds is 9. The molecule has 2 fully saturated rings. The van der Waals surface area contributed by atoms with Gasteiger partial charge in [0.1, 0.15) is 17.3 Å². The Morgan fingerprint density at radius 1 is 0.960 bits per heavy atom. The summed E-state index contributed by atoms with van der Waals surface area (Å²) >= 11 is 0. The number of likely N-dealkylation sites (N-methyl/N-ethyl adjacent to an activating group) is 1. The summed E-state index contributed by atoms with van der Waals surface area (Å²) in [7, 11) is 5.16. The van der Waals surface area contributed by atoms with Crippen molar-refractivity contribution in [3.05, 3.63) is 78.1 Å². The third-order valence-corrected chi connectivity index (χ3v) is 10.1. The number of piperidine rings is 1. The van der Waals surface area contributed by atoms with Gasteiger partial charge in [0.25, 0.3) is 0 Å². The molecule has 0 saturated carbocycles. The number of aliphatic imine (C=N–C) groups is 1. The van der Waals surface area contributed by atoms with Crippen molar-refractivity contribution in [1.82, 2.24) is 14.7 Å². The smallest absolute Gasteiger partial charge is 0.327 e. The van der Waals surface area contributed by atoms with E-state index in [-0.39, 0.29) is 17.6 Å². The Morgan fingerprint density at radius 3 is 2.34 bits per heavy atom. The van der Waals surface area contributed by atoms with Crippen LogP contribution in [0.2, 0.25) is 0 Å². The highest BCUT2D eigenvalue weighted by atomic mass is 19.1. The van der Waals surface area contributed by atoms with E-state index in [0.717, 1.165) is 26.2 Å². The number of halogens is 1. The first-order valence-electron chi connectivity index (χ1n) is 17.1. The first-order chi connectivity index (χ1) is 24.2. The molecule has 3 aromatic carbocycles. The summed E-state index contributed by atoms with van der Waals surface area (Å²) in [5.41, 5.74) is 2.50. The summed E-state index contributed by atoms with van der Waals surface area (Å²) in [6, 6.07) is 16.7. The molecule has 2 atom stereocenters. The summed E-state index contributed by atoms with van der Waals surface area (Å²) in [6.07, 6.45) is 1.26. The van der Waals surface area contributed by atoms with Gasteiger partial charge in [0.2, 0.25) is 5.91 Å². The van der Waals surface area contributed by atoms with E-state index in [0.29, 0.717) is 72.3 Å². The van der Waals surface area contributed by atoms with Crippen LogP contribution in [0.3, 0.4) is 0 Å². The van der Waals surface area contributed by atoms with Crippen LogP contribution in [0, 0.1) is 17.7 Å². The Morgan fingerprint density at radius 2 is 1.66 bits per heavy atom. The Hall–Kier alpha value is -4.81.